The fourth-order valence-electron chi connectivity index (χ4n) is 5.40. The summed E-state index contributed by atoms with van der Waals surface area (Å²) in [6, 6.07) is 18.0. The average molecular weight is 537 g/mol. The Kier molecular flexibility index (Phi) is 14.1. The molecule has 0 fully saturated rings. The smallest absolute Gasteiger partial charge is 0.127 e. The highest BCUT2D eigenvalue weighted by Gasteiger charge is 2.21. The third-order valence-corrected chi connectivity index (χ3v) is 8.66. The van der Waals surface area contributed by atoms with Gasteiger partial charge in [0.25, 0.3) is 0 Å². The molecule has 0 amide bonds. The van der Waals surface area contributed by atoms with Crippen molar-refractivity contribution in [3.63, 3.8) is 0 Å². The first-order valence-corrected chi connectivity index (χ1v) is 15.8. The maximum Gasteiger partial charge on any atom is 0.127 e. The minimum Gasteiger partial charge on any atom is -0.457 e. The van der Waals surface area contributed by atoms with Crippen LogP contribution in [0.4, 0.5) is 0 Å². The van der Waals surface area contributed by atoms with Crippen molar-refractivity contribution in [2.45, 2.75) is 148 Å². The largest absolute Gasteiger partial charge is 0.457 e. The summed E-state index contributed by atoms with van der Waals surface area (Å²) >= 11 is 0. The van der Waals surface area contributed by atoms with Gasteiger partial charge in [-0.1, -0.05) is 117 Å². The Morgan fingerprint density at radius 3 is 1.41 bits per heavy atom. The van der Waals surface area contributed by atoms with Crippen molar-refractivity contribution >= 4 is 0 Å². The van der Waals surface area contributed by atoms with Gasteiger partial charge < -0.3 is 16.2 Å². The molecule has 220 valence electrons. The third kappa shape index (κ3) is 12.5. The van der Waals surface area contributed by atoms with Crippen molar-refractivity contribution in [2.75, 3.05) is 0 Å². The standard InChI is InChI=1S/C36H60N2O/c1-28(2)34(38)17-13-11-9-8-10-12-14-26-35(4,5)30-18-22-32(23-19-30)39-33-24-20-31(21-25-33)36(6,7)27-15-16-29(3)37/h18-25,28-29,34H,8-17,26-27,37-38H2,1-7H3. The van der Waals surface area contributed by atoms with Gasteiger partial charge in [-0.2, -0.15) is 0 Å². The van der Waals surface area contributed by atoms with Gasteiger partial charge in [0.15, 0.2) is 0 Å². The maximum absolute atomic E-state index is 6.18. The van der Waals surface area contributed by atoms with E-state index in [4.69, 9.17) is 16.2 Å². The second-order valence-electron chi connectivity index (χ2n) is 13.7. The van der Waals surface area contributed by atoms with Crippen LogP contribution in [0.5, 0.6) is 11.5 Å². The number of hydrogen-bond donors (Lipinski definition) is 2. The monoisotopic (exact) mass is 536 g/mol. The molecule has 39 heavy (non-hydrogen) atoms. The summed E-state index contributed by atoms with van der Waals surface area (Å²) in [5.74, 6) is 2.39. The van der Waals surface area contributed by atoms with E-state index in [1.165, 1.54) is 68.9 Å². The van der Waals surface area contributed by atoms with Crippen LogP contribution in [0, 0.1) is 5.92 Å². The topological polar surface area (TPSA) is 61.3 Å². The molecule has 0 aromatic heterocycles. The second kappa shape index (κ2) is 16.4. The number of benzene rings is 2. The highest BCUT2D eigenvalue weighted by atomic mass is 16.5. The molecule has 2 aromatic rings. The number of unbranched alkanes of at least 4 members (excludes halogenated alkanes) is 6. The van der Waals surface area contributed by atoms with E-state index in [9.17, 15) is 0 Å². The zero-order valence-electron chi connectivity index (χ0n) is 26.4. The average Bonchev–Trinajstić information content (AvgIpc) is 2.87. The van der Waals surface area contributed by atoms with Crippen LogP contribution in [0.25, 0.3) is 0 Å². The summed E-state index contributed by atoms with van der Waals surface area (Å²) in [4.78, 5) is 0. The first-order chi connectivity index (χ1) is 18.4. The lowest BCUT2D eigenvalue weighted by Crippen LogP contribution is -2.25. The van der Waals surface area contributed by atoms with Crippen molar-refractivity contribution in [3.8, 4) is 11.5 Å². The minimum atomic E-state index is 0.141. The lowest BCUT2D eigenvalue weighted by molar-refractivity contribution is 0.429. The number of ether oxygens (including phenoxy) is 1. The summed E-state index contributed by atoms with van der Waals surface area (Å²) in [6.07, 6.45) is 15.1. The molecule has 3 nitrogen and oxygen atoms in total. The van der Waals surface area contributed by atoms with E-state index in [0.717, 1.165) is 30.8 Å². The van der Waals surface area contributed by atoms with Gasteiger partial charge in [-0.05, 0) is 84.7 Å². The zero-order chi connectivity index (χ0) is 28.9. The van der Waals surface area contributed by atoms with Gasteiger partial charge in [-0.15, -0.1) is 0 Å². The van der Waals surface area contributed by atoms with Gasteiger partial charge in [0.05, 0.1) is 0 Å². The molecule has 0 aliphatic rings. The van der Waals surface area contributed by atoms with E-state index < -0.39 is 0 Å². The highest BCUT2D eigenvalue weighted by Crippen LogP contribution is 2.33. The zero-order valence-corrected chi connectivity index (χ0v) is 26.4. The third-order valence-electron chi connectivity index (χ3n) is 8.66. The van der Waals surface area contributed by atoms with Crippen LogP contribution in [0.2, 0.25) is 0 Å². The summed E-state index contributed by atoms with van der Waals surface area (Å²) in [6.45, 7) is 15.9. The Hall–Kier alpha value is -1.84. The van der Waals surface area contributed by atoms with Gasteiger partial charge in [0.1, 0.15) is 11.5 Å². The van der Waals surface area contributed by atoms with E-state index in [-0.39, 0.29) is 16.9 Å². The molecule has 2 rings (SSSR count). The molecular weight excluding hydrogens is 476 g/mol. The van der Waals surface area contributed by atoms with Gasteiger partial charge in [-0.25, -0.2) is 0 Å². The Morgan fingerprint density at radius 1 is 0.564 bits per heavy atom. The summed E-state index contributed by atoms with van der Waals surface area (Å²) in [7, 11) is 0. The molecule has 0 saturated carbocycles. The fourth-order valence-corrected chi connectivity index (χ4v) is 5.40. The van der Waals surface area contributed by atoms with E-state index in [1.807, 2.05) is 0 Å². The van der Waals surface area contributed by atoms with Crippen LogP contribution in [0.15, 0.2) is 48.5 Å². The molecule has 0 radical (unpaired) electrons. The van der Waals surface area contributed by atoms with Crippen molar-refractivity contribution in [1.29, 1.82) is 0 Å². The Bertz CT molecular complexity index is 912. The first-order valence-electron chi connectivity index (χ1n) is 15.8. The molecular formula is C36H60N2O. The summed E-state index contributed by atoms with van der Waals surface area (Å²) in [5.41, 5.74) is 15.1. The van der Waals surface area contributed by atoms with Crippen molar-refractivity contribution < 1.29 is 4.74 Å². The van der Waals surface area contributed by atoms with Gasteiger partial charge in [-0.3, -0.25) is 0 Å². The minimum absolute atomic E-state index is 0.141. The van der Waals surface area contributed by atoms with Crippen LogP contribution in [0.3, 0.4) is 0 Å². The lowest BCUT2D eigenvalue weighted by atomic mass is 9.80. The van der Waals surface area contributed by atoms with Crippen molar-refractivity contribution in [1.82, 2.24) is 0 Å². The first kappa shape index (κ1) is 33.4. The Balaban J connectivity index is 1.73. The van der Waals surface area contributed by atoms with Crippen LogP contribution >= 0.6 is 0 Å². The van der Waals surface area contributed by atoms with Crippen molar-refractivity contribution in [3.05, 3.63) is 59.7 Å². The molecule has 0 aliphatic carbocycles. The van der Waals surface area contributed by atoms with Crippen LogP contribution < -0.4 is 16.2 Å². The molecule has 0 heterocycles. The van der Waals surface area contributed by atoms with E-state index >= 15 is 0 Å². The lowest BCUT2D eigenvalue weighted by Gasteiger charge is -2.26. The van der Waals surface area contributed by atoms with E-state index in [2.05, 4.69) is 97.0 Å². The van der Waals surface area contributed by atoms with E-state index in [1.54, 1.807) is 0 Å². The predicted octanol–water partition coefficient (Wildman–Crippen LogP) is 10.0. The van der Waals surface area contributed by atoms with Crippen molar-refractivity contribution in [2.24, 2.45) is 17.4 Å². The van der Waals surface area contributed by atoms with Gasteiger partial charge >= 0.3 is 0 Å². The molecule has 0 saturated heterocycles. The molecule has 0 spiro atoms. The Labute approximate surface area is 241 Å². The molecule has 3 heteroatoms. The normalized spacial score (nSPS) is 14.0. The number of hydrogen-bond acceptors (Lipinski definition) is 3. The molecule has 2 unspecified atom stereocenters. The van der Waals surface area contributed by atoms with Gasteiger partial charge in [0, 0.05) is 12.1 Å². The quantitative estimate of drug-likeness (QED) is 0.176. The fraction of sp³-hybridized carbons (Fsp3) is 0.667. The highest BCUT2D eigenvalue weighted by molar-refractivity contribution is 5.37. The molecule has 2 aromatic carbocycles. The van der Waals surface area contributed by atoms with Crippen LogP contribution in [-0.2, 0) is 10.8 Å². The SMILES string of the molecule is CC(N)CCCC(C)(C)c1ccc(Oc2ccc(C(C)(C)CCCCCCCCCC(N)C(C)C)cc2)cc1. The maximum atomic E-state index is 6.18. The predicted molar refractivity (Wildman–Crippen MR) is 171 cm³/mol. The van der Waals surface area contributed by atoms with E-state index in [0.29, 0.717) is 12.0 Å². The molecule has 0 aliphatic heterocycles. The molecule has 4 N–H and O–H groups in total. The molecule has 0 bridgehead atoms. The Morgan fingerprint density at radius 2 is 0.974 bits per heavy atom. The number of rotatable bonds is 19. The summed E-state index contributed by atoms with van der Waals surface area (Å²) in [5, 5.41) is 0. The second-order valence-corrected chi connectivity index (χ2v) is 13.7. The number of nitrogens with two attached hydrogens (primary N) is 2. The van der Waals surface area contributed by atoms with Crippen LogP contribution in [-0.4, -0.2) is 12.1 Å². The van der Waals surface area contributed by atoms with Gasteiger partial charge in [0.2, 0.25) is 0 Å². The van der Waals surface area contributed by atoms with Crippen LogP contribution in [0.1, 0.15) is 137 Å². The molecule has 2 atom stereocenters. The summed E-state index contributed by atoms with van der Waals surface area (Å²) < 4.78 is 6.18.